The van der Waals surface area contributed by atoms with Gasteiger partial charge in [-0.2, -0.15) is 0 Å². The summed E-state index contributed by atoms with van der Waals surface area (Å²) in [6.07, 6.45) is 0.218. The summed E-state index contributed by atoms with van der Waals surface area (Å²) in [6, 6.07) is 0. The third-order valence-corrected chi connectivity index (χ3v) is 6.10. The first kappa shape index (κ1) is 19.3. The molecule has 1 N–H and O–H groups in total. The predicted molar refractivity (Wildman–Crippen MR) is 95.6 cm³/mol. The highest BCUT2D eigenvalue weighted by Crippen LogP contribution is 2.34. The lowest BCUT2D eigenvalue weighted by Crippen LogP contribution is -2.14. The van der Waals surface area contributed by atoms with E-state index in [9.17, 15) is 14.4 Å². The summed E-state index contributed by atoms with van der Waals surface area (Å²) >= 11 is 3.80. The molecule has 25 heavy (non-hydrogen) atoms. The molecule has 0 saturated carbocycles. The zero-order valence-electron chi connectivity index (χ0n) is 13.7. The fourth-order valence-corrected chi connectivity index (χ4v) is 4.51. The van der Waals surface area contributed by atoms with Crippen LogP contribution in [0.3, 0.4) is 0 Å². The lowest BCUT2D eigenvalue weighted by molar-refractivity contribution is -0.115. The van der Waals surface area contributed by atoms with Crippen molar-refractivity contribution in [1.82, 2.24) is 10.2 Å². The van der Waals surface area contributed by atoms with Gasteiger partial charge < -0.3 is 14.8 Å². The van der Waals surface area contributed by atoms with Gasteiger partial charge in [-0.3, -0.25) is 4.79 Å². The van der Waals surface area contributed by atoms with Crippen molar-refractivity contribution in [3.63, 3.8) is 0 Å². The zero-order chi connectivity index (χ0) is 18.4. The minimum absolute atomic E-state index is 0.165. The molecule has 0 spiro atoms. The molecule has 2 aromatic rings. The van der Waals surface area contributed by atoms with E-state index in [-0.39, 0.29) is 27.8 Å². The second kappa shape index (κ2) is 8.92. The number of ether oxygens (including phenoxy) is 2. The maximum absolute atomic E-state index is 12.1. The number of carbonyl (C=O) groups excluding carboxylic acids is 3. The summed E-state index contributed by atoms with van der Waals surface area (Å²) in [5.74, 6) is -0.953. The van der Waals surface area contributed by atoms with Crippen LogP contribution in [0.1, 0.15) is 32.0 Å². The second-order valence-electron chi connectivity index (χ2n) is 4.59. The lowest BCUT2D eigenvalue weighted by Gasteiger charge is -2.05. The van der Waals surface area contributed by atoms with Crippen LogP contribution in [0.2, 0.25) is 0 Å². The third-order valence-electron chi connectivity index (χ3n) is 3.05. The molecule has 11 heteroatoms. The van der Waals surface area contributed by atoms with Gasteiger partial charge in [-0.1, -0.05) is 23.1 Å². The van der Waals surface area contributed by atoms with Crippen LogP contribution < -0.4 is 5.32 Å². The Morgan fingerprint density at radius 3 is 2.56 bits per heavy atom. The highest BCUT2D eigenvalue weighted by Gasteiger charge is 2.26. The number of hydrogen-bond acceptors (Lipinski definition) is 10. The molecule has 2 rings (SSSR count). The van der Waals surface area contributed by atoms with Crippen molar-refractivity contribution in [2.24, 2.45) is 0 Å². The van der Waals surface area contributed by atoms with E-state index in [2.05, 4.69) is 15.5 Å². The molecule has 0 aliphatic rings. The molecule has 0 radical (unpaired) electrons. The number of esters is 2. The molecule has 2 aromatic heterocycles. The topological polar surface area (TPSA) is 107 Å². The van der Waals surface area contributed by atoms with Gasteiger partial charge in [0.05, 0.1) is 19.8 Å². The fourth-order valence-electron chi connectivity index (χ4n) is 1.88. The van der Waals surface area contributed by atoms with E-state index in [0.717, 1.165) is 15.7 Å². The standard InChI is InChI=1S/C14H15N3O5S3/c1-7-9(12(19)21-2)11(25-10(7)13(20)22-3)16-8(18)4-5-23-14-17-15-6-24-14/h6H,4-5H2,1-3H3,(H,16,18). The van der Waals surface area contributed by atoms with E-state index in [1.165, 1.54) is 37.3 Å². The van der Waals surface area contributed by atoms with E-state index in [1.54, 1.807) is 12.4 Å². The maximum Gasteiger partial charge on any atom is 0.348 e. The lowest BCUT2D eigenvalue weighted by atomic mass is 10.1. The summed E-state index contributed by atoms with van der Waals surface area (Å²) in [4.78, 5) is 36.2. The predicted octanol–water partition coefficient (Wildman–Crippen LogP) is 2.60. The van der Waals surface area contributed by atoms with Crippen molar-refractivity contribution in [2.45, 2.75) is 17.7 Å². The van der Waals surface area contributed by atoms with Crippen LogP contribution in [0.4, 0.5) is 5.00 Å². The molecule has 1 amide bonds. The Kier molecular flexibility index (Phi) is 6.91. The molecule has 134 valence electrons. The van der Waals surface area contributed by atoms with Crippen LogP contribution in [-0.4, -0.2) is 48.0 Å². The highest BCUT2D eigenvalue weighted by atomic mass is 32.2. The first-order chi connectivity index (χ1) is 12.0. The average molecular weight is 401 g/mol. The van der Waals surface area contributed by atoms with Crippen molar-refractivity contribution in [3.05, 3.63) is 21.5 Å². The van der Waals surface area contributed by atoms with Crippen LogP contribution in [0.15, 0.2) is 9.85 Å². The van der Waals surface area contributed by atoms with Crippen molar-refractivity contribution in [1.29, 1.82) is 0 Å². The number of nitrogens with one attached hydrogen (secondary N) is 1. The monoisotopic (exact) mass is 401 g/mol. The molecule has 0 atom stereocenters. The normalized spacial score (nSPS) is 10.4. The van der Waals surface area contributed by atoms with Crippen LogP contribution in [0.5, 0.6) is 0 Å². The number of amides is 1. The number of methoxy groups -OCH3 is 2. The number of aromatic nitrogens is 2. The molecule has 0 unspecified atom stereocenters. The molecule has 2 heterocycles. The summed E-state index contributed by atoms with van der Waals surface area (Å²) in [5, 5.41) is 10.5. The number of nitrogens with zero attached hydrogens (tertiary/aromatic N) is 2. The van der Waals surface area contributed by atoms with Crippen LogP contribution >= 0.6 is 34.4 Å². The van der Waals surface area contributed by atoms with E-state index >= 15 is 0 Å². The van der Waals surface area contributed by atoms with Crippen molar-refractivity contribution in [3.8, 4) is 0 Å². The van der Waals surface area contributed by atoms with Crippen LogP contribution in [0, 0.1) is 6.92 Å². The van der Waals surface area contributed by atoms with Crippen molar-refractivity contribution in [2.75, 3.05) is 25.3 Å². The first-order valence-corrected chi connectivity index (χ1v) is 9.65. The van der Waals surface area contributed by atoms with Gasteiger partial charge in [-0.05, 0) is 12.5 Å². The van der Waals surface area contributed by atoms with Crippen molar-refractivity contribution >= 4 is 57.3 Å². The van der Waals surface area contributed by atoms with Gasteiger partial charge in [-0.15, -0.1) is 21.5 Å². The highest BCUT2D eigenvalue weighted by molar-refractivity contribution is 8.01. The van der Waals surface area contributed by atoms with E-state index < -0.39 is 11.9 Å². The molecule has 8 nitrogen and oxygen atoms in total. The van der Waals surface area contributed by atoms with Gasteiger partial charge in [0.1, 0.15) is 15.4 Å². The number of hydrogen-bond donors (Lipinski definition) is 1. The van der Waals surface area contributed by atoms with Gasteiger partial charge in [-0.25, -0.2) is 9.59 Å². The molecule has 0 fully saturated rings. The Morgan fingerprint density at radius 1 is 1.24 bits per heavy atom. The first-order valence-electron chi connectivity index (χ1n) is 6.96. The van der Waals surface area contributed by atoms with Gasteiger partial charge >= 0.3 is 11.9 Å². The fraction of sp³-hybridized carbons (Fsp3) is 0.357. The molecule has 0 aliphatic carbocycles. The Bertz CT molecular complexity index is 773. The summed E-state index contributed by atoms with van der Waals surface area (Å²) in [5.41, 5.74) is 2.20. The largest absolute Gasteiger partial charge is 0.465 e. The number of rotatable bonds is 7. The van der Waals surface area contributed by atoms with Crippen LogP contribution in [0.25, 0.3) is 0 Å². The number of carbonyl (C=O) groups is 3. The maximum atomic E-state index is 12.1. The molecule has 0 saturated heterocycles. The van der Waals surface area contributed by atoms with Crippen LogP contribution in [-0.2, 0) is 14.3 Å². The van der Waals surface area contributed by atoms with E-state index in [4.69, 9.17) is 9.47 Å². The SMILES string of the molecule is COC(=O)c1sc(NC(=O)CCSc2nncs2)c(C(=O)OC)c1C. The summed E-state index contributed by atoms with van der Waals surface area (Å²) in [6.45, 7) is 1.61. The van der Waals surface area contributed by atoms with Gasteiger partial charge in [0.2, 0.25) is 5.91 Å². The van der Waals surface area contributed by atoms with Gasteiger partial charge in [0.15, 0.2) is 4.34 Å². The third kappa shape index (κ3) is 4.77. The Hall–Kier alpha value is -1.98. The number of anilines is 1. The minimum atomic E-state index is -0.623. The van der Waals surface area contributed by atoms with Crippen molar-refractivity contribution < 1.29 is 23.9 Å². The second-order valence-corrected chi connectivity index (χ2v) is 7.79. The Balaban J connectivity index is 2.09. The average Bonchev–Trinajstić information content (AvgIpc) is 3.21. The Morgan fingerprint density at radius 2 is 1.96 bits per heavy atom. The summed E-state index contributed by atoms with van der Waals surface area (Å²) in [7, 11) is 2.49. The molecule has 0 aromatic carbocycles. The van der Waals surface area contributed by atoms with Gasteiger partial charge in [0, 0.05) is 12.2 Å². The smallest absolute Gasteiger partial charge is 0.348 e. The number of thioether (sulfide) groups is 1. The summed E-state index contributed by atoms with van der Waals surface area (Å²) < 4.78 is 10.2. The Labute approximate surface area is 155 Å². The van der Waals surface area contributed by atoms with E-state index in [0.29, 0.717) is 11.3 Å². The molecule has 0 aliphatic heterocycles. The van der Waals surface area contributed by atoms with Gasteiger partial charge in [0.25, 0.3) is 0 Å². The van der Waals surface area contributed by atoms with E-state index in [1.807, 2.05) is 0 Å². The zero-order valence-corrected chi connectivity index (χ0v) is 16.1. The molecule has 0 bridgehead atoms. The quantitative estimate of drug-likeness (QED) is 0.557. The molecular weight excluding hydrogens is 386 g/mol. The molecular formula is C14H15N3O5S3. The number of thiophene rings is 1. The minimum Gasteiger partial charge on any atom is -0.465 e.